The first-order valence-corrected chi connectivity index (χ1v) is 6.02. The topological polar surface area (TPSA) is 70.1 Å². The van der Waals surface area contributed by atoms with Gasteiger partial charge in [0.25, 0.3) is 5.69 Å². The van der Waals surface area contributed by atoms with Crippen molar-refractivity contribution in [2.24, 2.45) is 0 Å². The average Bonchev–Trinajstić information content (AvgIpc) is 2.47. The van der Waals surface area contributed by atoms with Gasteiger partial charge >= 0.3 is 0 Å². The predicted molar refractivity (Wildman–Crippen MR) is 75.0 cm³/mol. The molecule has 0 amide bonds. The van der Waals surface area contributed by atoms with Crippen LogP contribution in [0.3, 0.4) is 0 Å². The van der Waals surface area contributed by atoms with Crippen molar-refractivity contribution < 1.29 is 9.65 Å². The van der Waals surface area contributed by atoms with E-state index in [1.807, 2.05) is 18.2 Å². The SMILES string of the molecule is O=[N+]([O-])c1cccc(-c2cccc3ccc[n+]([O-])c23)c1. The van der Waals surface area contributed by atoms with E-state index in [1.165, 1.54) is 18.3 Å². The smallest absolute Gasteiger partial charge is 0.270 e. The number of benzene rings is 2. The van der Waals surface area contributed by atoms with Crippen molar-refractivity contribution in [1.29, 1.82) is 0 Å². The second-order valence-corrected chi connectivity index (χ2v) is 4.38. The molecule has 3 rings (SSSR count). The van der Waals surface area contributed by atoms with Gasteiger partial charge in [-0.15, -0.1) is 0 Å². The molecule has 0 atom stereocenters. The van der Waals surface area contributed by atoms with Crippen LogP contribution in [0.1, 0.15) is 0 Å². The third kappa shape index (κ3) is 1.95. The van der Waals surface area contributed by atoms with Crippen LogP contribution >= 0.6 is 0 Å². The summed E-state index contributed by atoms with van der Waals surface area (Å²) in [6.45, 7) is 0. The molecule has 0 N–H and O–H groups in total. The minimum Gasteiger partial charge on any atom is -0.618 e. The zero-order valence-corrected chi connectivity index (χ0v) is 10.4. The zero-order chi connectivity index (χ0) is 14.1. The van der Waals surface area contributed by atoms with Gasteiger partial charge in [0.15, 0.2) is 6.20 Å². The highest BCUT2D eigenvalue weighted by atomic mass is 16.6. The number of nitro groups is 1. The molecular weight excluding hydrogens is 256 g/mol. The number of aromatic nitrogens is 1. The molecule has 0 bridgehead atoms. The molecule has 3 aromatic rings. The molecule has 20 heavy (non-hydrogen) atoms. The van der Waals surface area contributed by atoms with Gasteiger partial charge in [0.2, 0.25) is 5.52 Å². The number of fused-ring (bicyclic) bond motifs is 1. The van der Waals surface area contributed by atoms with Crippen molar-refractivity contribution >= 4 is 16.6 Å². The number of pyridine rings is 1. The van der Waals surface area contributed by atoms with Crippen LogP contribution < -0.4 is 4.73 Å². The van der Waals surface area contributed by atoms with Gasteiger partial charge in [-0.25, -0.2) is 0 Å². The summed E-state index contributed by atoms with van der Waals surface area (Å²) in [6, 6.07) is 15.2. The Labute approximate surface area is 114 Å². The Morgan fingerprint density at radius 3 is 2.55 bits per heavy atom. The number of nitrogens with zero attached hydrogens (tertiary/aromatic N) is 2. The minimum absolute atomic E-state index is 0.00730. The van der Waals surface area contributed by atoms with Crippen LogP contribution in [0.15, 0.2) is 60.8 Å². The Kier molecular flexibility index (Phi) is 2.80. The fourth-order valence-corrected chi connectivity index (χ4v) is 2.26. The van der Waals surface area contributed by atoms with Crippen LogP contribution in [0.25, 0.3) is 22.0 Å². The first-order valence-electron chi connectivity index (χ1n) is 6.02. The maximum absolute atomic E-state index is 12.0. The van der Waals surface area contributed by atoms with Gasteiger partial charge in [-0.3, -0.25) is 10.1 Å². The average molecular weight is 266 g/mol. The fourth-order valence-electron chi connectivity index (χ4n) is 2.26. The van der Waals surface area contributed by atoms with Crippen molar-refractivity contribution in [1.82, 2.24) is 0 Å². The van der Waals surface area contributed by atoms with E-state index < -0.39 is 4.92 Å². The standard InChI is InChI=1S/C15H10N2O3/c18-16-9-3-6-11-4-2-8-14(15(11)16)12-5-1-7-13(10-12)17(19)20/h1-10H. The molecule has 98 valence electrons. The van der Waals surface area contributed by atoms with Gasteiger partial charge in [-0.2, -0.15) is 4.73 Å². The molecule has 0 fully saturated rings. The van der Waals surface area contributed by atoms with E-state index in [4.69, 9.17) is 0 Å². The molecule has 1 aromatic heterocycles. The van der Waals surface area contributed by atoms with Crippen molar-refractivity contribution in [2.75, 3.05) is 0 Å². The molecular formula is C15H10N2O3. The lowest BCUT2D eigenvalue weighted by Crippen LogP contribution is -2.26. The molecule has 0 aliphatic rings. The Bertz CT molecular complexity index is 810. The van der Waals surface area contributed by atoms with E-state index in [1.54, 1.807) is 24.3 Å². The Hall–Kier alpha value is -2.95. The zero-order valence-electron chi connectivity index (χ0n) is 10.4. The third-order valence-electron chi connectivity index (χ3n) is 3.15. The molecule has 0 unspecified atom stereocenters. The van der Waals surface area contributed by atoms with Crippen molar-refractivity contribution in [3.05, 3.63) is 76.1 Å². The number of hydrogen-bond acceptors (Lipinski definition) is 3. The van der Waals surface area contributed by atoms with Crippen LogP contribution in [0, 0.1) is 15.3 Å². The van der Waals surface area contributed by atoms with Gasteiger partial charge < -0.3 is 5.21 Å². The maximum atomic E-state index is 12.0. The predicted octanol–water partition coefficient (Wildman–Crippen LogP) is 3.05. The summed E-state index contributed by atoms with van der Waals surface area (Å²) in [4.78, 5) is 10.4. The Morgan fingerprint density at radius 2 is 1.75 bits per heavy atom. The van der Waals surface area contributed by atoms with Gasteiger partial charge in [-0.05, 0) is 23.8 Å². The summed E-state index contributed by atoms with van der Waals surface area (Å²) < 4.78 is 0.781. The van der Waals surface area contributed by atoms with Crippen LogP contribution in [-0.4, -0.2) is 4.92 Å². The largest absolute Gasteiger partial charge is 0.618 e. The normalized spacial score (nSPS) is 10.6. The maximum Gasteiger partial charge on any atom is 0.270 e. The van der Waals surface area contributed by atoms with E-state index in [0.29, 0.717) is 16.6 Å². The molecule has 5 nitrogen and oxygen atoms in total. The first kappa shape index (κ1) is 12.1. The van der Waals surface area contributed by atoms with Gasteiger partial charge in [-0.1, -0.05) is 18.2 Å². The van der Waals surface area contributed by atoms with Crippen LogP contribution in [-0.2, 0) is 0 Å². The lowest BCUT2D eigenvalue weighted by Gasteiger charge is -2.07. The Morgan fingerprint density at radius 1 is 1.00 bits per heavy atom. The van der Waals surface area contributed by atoms with Gasteiger partial charge in [0.05, 0.1) is 10.5 Å². The molecule has 0 saturated carbocycles. The van der Waals surface area contributed by atoms with E-state index in [0.717, 1.165) is 10.1 Å². The summed E-state index contributed by atoms with van der Waals surface area (Å²) in [6.07, 6.45) is 1.42. The second-order valence-electron chi connectivity index (χ2n) is 4.38. The monoisotopic (exact) mass is 266 g/mol. The highest BCUT2D eigenvalue weighted by molar-refractivity contribution is 5.91. The molecule has 0 aliphatic heterocycles. The fraction of sp³-hybridized carbons (Fsp3) is 0. The molecule has 0 spiro atoms. The third-order valence-corrected chi connectivity index (χ3v) is 3.15. The lowest BCUT2D eigenvalue weighted by molar-refractivity contribution is -0.576. The number of para-hydroxylation sites is 1. The number of non-ortho nitro benzene ring substituents is 1. The van der Waals surface area contributed by atoms with Gasteiger partial charge in [0, 0.05) is 23.6 Å². The van der Waals surface area contributed by atoms with Crippen molar-refractivity contribution in [2.45, 2.75) is 0 Å². The number of hydrogen-bond donors (Lipinski definition) is 0. The van der Waals surface area contributed by atoms with Crippen LogP contribution in [0.4, 0.5) is 5.69 Å². The number of rotatable bonds is 2. The van der Waals surface area contributed by atoms with Crippen LogP contribution in [0.5, 0.6) is 0 Å². The molecule has 0 saturated heterocycles. The summed E-state index contributed by atoms with van der Waals surface area (Å²) in [5.74, 6) is 0. The van der Waals surface area contributed by atoms with Crippen LogP contribution in [0.2, 0.25) is 0 Å². The first-order chi connectivity index (χ1) is 9.66. The van der Waals surface area contributed by atoms with Crippen molar-refractivity contribution in [3.8, 4) is 11.1 Å². The highest BCUT2D eigenvalue weighted by Crippen LogP contribution is 2.28. The van der Waals surface area contributed by atoms with Crippen molar-refractivity contribution in [3.63, 3.8) is 0 Å². The molecule has 1 heterocycles. The summed E-state index contributed by atoms with van der Waals surface area (Å²) in [5.41, 5.74) is 1.85. The van der Waals surface area contributed by atoms with Gasteiger partial charge in [0.1, 0.15) is 0 Å². The Balaban J connectivity index is 2.30. The van der Waals surface area contributed by atoms with E-state index in [9.17, 15) is 15.3 Å². The molecule has 5 heteroatoms. The number of nitro benzene ring substituents is 1. The van der Waals surface area contributed by atoms with E-state index >= 15 is 0 Å². The molecule has 2 aromatic carbocycles. The second kappa shape index (κ2) is 4.62. The van der Waals surface area contributed by atoms with E-state index in [-0.39, 0.29) is 5.69 Å². The minimum atomic E-state index is -0.445. The summed E-state index contributed by atoms with van der Waals surface area (Å²) in [7, 11) is 0. The quantitative estimate of drug-likeness (QED) is 0.310. The van der Waals surface area contributed by atoms with E-state index in [2.05, 4.69) is 0 Å². The summed E-state index contributed by atoms with van der Waals surface area (Å²) in [5, 5.41) is 23.6. The lowest BCUT2D eigenvalue weighted by atomic mass is 10.0. The highest BCUT2D eigenvalue weighted by Gasteiger charge is 2.14. The molecule has 0 radical (unpaired) electrons. The molecule has 0 aliphatic carbocycles. The summed E-state index contributed by atoms with van der Waals surface area (Å²) >= 11 is 0.